The molecule has 1 aliphatic rings. The molecule has 0 atom stereocenters. The maximum absolute atomic E-state index is 5.38. The lowest BCUT2D eigenvalue weighted by molar-refractivity contribution is 0.394. The van der Waals surface area contributed by atoms with E-state index in [0.717, 1.165) is 32.6 Å². The topological polar surface area (TPSA) is 53.1 Å². The smallest absolute Gasteiger partial charge is 0.0273 e. The van der Waals surface area contributed by atoms with Crippen LogP contribution < -0.4 is 16.5 Å². The van der Waals surface area contributed by atoms with Crippen molar-refractivity contribution in [3.63, 3.8) is 0 Å². The molecule has 1 heterocycles. The minimum atomic E-state index is 0.795. The van der Waals surface area contributed by atoms with Crippen LogP contribution in [0.3, 0.4) is 0 Å². The third kappa shape index (κ3) is 6.95. The van der Waals surface area contributed by atoms with Crippen LogP contribution in [0.4, 0.5) is 0 Å². The molecule has 4 N–H and O–H groups in total. The molecule has 78 valence electrons. The largest absolute Gasteiger partial charge is 0.330 e. The van der Waals surface area contributed by atoms with Crippen LogP contribution in [-0.2, 0) is 0 Å². The molecular formula is C9H22N4. The lowest BCUT2D eigenvalue weighted by atomic mass is 10.3. The SMILES string of the molecule is NCCCNCCCCNN1CC1. The van der Waals surface area contributed by atoms with Crippen LogP contribution in [0.5, 0.6) is 0 Å². The molecule has 0 aromatic carbocycles. The fourth-order valence-corrected chi connectivity index (χ4v) is 1.17. The molecule has 4 nitrogen and oxygen atoms in total. The fourth-order valence-electron chi connectivity index (χ4n) is 1.17. The first-order valence-corrected chi connectivity index (χ1v) is 5.32. The molecule has 0 radical (unpaired) electrons. The van der Waals surface area contributed by atoms with Crippen molar-refractivity contribution in [2.75, 3.05) is 39.3 Å². The summed E-state index contributed by atoms with van der Waals surface area (Å²) in [4.78, 5) is 0. The van der Waals surface area contributed by atoms with Crippen molar-refractivity contribution >= 4 is 0 Å². The Morgan fingerprint density at radius 2 is 1.69 bits per heavy atom. The van der Waals surface area contributed by atoms with E-state index in [4.69, 9.17) is 5.73 Å². The van der Waals surface area contributed by atoms with Gasteiger partial charge in [-0.05, 0) is 38.9 Å². The Hall–Kier alpha value is -0.160. The lowest BCUT2D eigenvalue weighted by Gasteiger charge is -2.05. The molecule has 0 aliphatic carbocycles. The molecule has 1 saturated heterocycles. The second-order valence-electron chi connectivity index (χ2n) is 3.49. The summed E-state index contributed by atoms with van der Waals surface area (Å²) >= 11 is 0. The molecule has 4 heteroatoms. The van der Waals surface area contributed by atoms with Crippen LogP contribution in [0.2, 0.25) is 0 Å². The van der Waals surface area contributed by atoms with Gasteiger partial charge in [-0.1, -0.05) is 0 Å². The average Bonchev–Trinajstić information content (AvgIpc) is 2.93. The van der Waals surface area contributed by atoms with Gasteiger partial charge in [-0.3, -0.25) is 5.43 Å². The van der Waals surface area contributed by atoms with E-state index in [2.05, 4.69) is 15.8 Å². The Bertz CT molecular complexity index is 114. The van der Waals surface area contributed by atoms with Gasteiger partial charge in [0.15, 0.2) is 0 Å². The van der Waals surface area contributed by atoms with Gasteiger partial charge in [0, 0.05) is 19.6 Å². The molecule has 0 spiro atoms. The van der Waals surface area contributed by atoms with E-state index >= 15 is 0 Å². The lowest BCUT2D eigenvalue weighted by Crippen LogP contribution is -2.24. The number of hydrazine groups is 1. The predicted octanol–water partition coefficient (Wildman–Crippen LogP) is -0.475. The molecule has 0 aromatic heterocycles. The van der Waals surface area contributed by atoms with Crippen LogP contribution in [0.25, 0.3) is 0 Å². The summed E-state index contributed by atoms with van der Waals surface area (Å²) in [5, 5.41) is 5.61. The normalized spacial score (nSPS) is 16.4. The predicted molar refractivity (Wildman–Crippen MR) is 55.4 cm³/mol. The van der Waals surface area contributed by atoms with E-state index < -0.39 is 0 Å². The van der Waals surface area contributed by atoms with Crippen LogP contribution in [-0.4, -0.2) is 44.3 Å². The Kier molecular flexibility index (Phi) is 6.10. The van der Waals surface area contributed by atoms with Crippen molar-refractivity contribution < 1.29 is 0 Å². The van der Waals surface area contributed by atoms with E-state index in [0.29, 0.717) is 0 Å². The van der Waals surface area contributed by atoms with Gasteiger partial charge in [0.25, 0.3) is 0 Å². The number of unbranched alkanes of at least 4 members (excludes halogenated alkanes) is 1. The van der Waals surface area contributed by atoms with E-state index in [9.17, 15) is 0 Å². The van der Waals surface area contributed by atoms with Crippen molar-refractivity contribution in [1.82, 2.24) is 15.8 Å². The Labute approximate surface area is 80.8 Å². The second kappa shape index (κ2) is 7.26. The molecule has 0 amide bonds. The van der Waals surface area contributed by atoms with Crippen molar-refractivity contribution in [3.8, 4) is 0 Å². The first-order valence-electron chi connectivity index (χ1n) is 5.32. The van der Waals surface area contributed by atoms with E-state index in [1.165, 1.54) is 25.9 Å². The molecule has 13 heavy (non-hydrogen) atoms. The van der Waals surface area contributed by atoms with Gasteiger partial charge in [-0.2, -0.15) is 0 Å². The summed E-state index contributed by atoms with van der Waals surface area (Å²) in [7, 11) is 0. The zero-order chi connectivity index (χ0) is 9.36. The number of nitrogens with two attached hydrogens (primary N) is 1. The molecule has 0 aromatic rings. The summed E-state index contributed by atoms with van der Waals surface area (Å²) < 4.78 is 0. The summed E-state index contributed by atoms with van der Waals surface area (Å²) in [5.41, 5.74) is 8.72. The minimum absolute atomic E-state index is 0.795. The van der Waals surface area contributed by atoms with Crippen LogP contribution in [0.1, 0.15) is 19.3 Å². The summed E-state index contributed by atoms with van der Waals surface area (Å²) in [5.74, 6) is 0. The van der Waals surface area contributed by atoms with Crippen molar-refractivity contribution in [2.24, 2.45) is 5.73 Å². The molecule has 1 rings (SSSR count). The van der Waals surface area contributed by atoms with Gasteiger partial charge in [-0.25, -0.2) is 5.01 Å². The molecule has 1 aliphatic heterocycles. The molecule has 0 bridgehead atoms. The van der Waals surface area contributed by atoms with Crippen LogP contribution >= 0.6 is 0 Å². The first kappa shape index (κ1) is 10.9. The summed E-state index contributed by atoms with van der Waals surface area (Å²) in [6, 6.07) is 0. The van der Waals surface area contributed by atoms with E-state index in [1.54, 1.807) is 0 Å². The second-order valence-corrected chi connectivity index (χ2v) is 3.49. The zero-order valence-electron chi connectivity index (χ0n) is 8.39. The van der Waals surface area contributed by atoms with Gasteiger partial charge in [0.2, 0.25) is 0 Å². The first-order chi connectivity index (χ1) is 6.43. The number of hydrogen-bond acceptors (Lipinski definition) is 4. The van der Waals surface area contributed by atoms with Gasteiger partial charge in [-0.15, -0.1) is 0 Å². The van der Waals surface area contributed by atoms with Crippen LogP contribution in [0.15, 0.2) is 0 Å². The quantitative estimate of drug-likeness (QED) is 0.336. The minimum Gasteiger partial charge on any atom is -0.330 e. The monoisotopic (exact) mass is 186 g/mol. The zero-order valence-corrected chi connectivity index (χ0v) is 8.39. The van der Waals surface area contributed by atoms with E-state index in [-0.39, 0.29) is 0 Å². The van der Waals surface area contributed by atoms with Gasteiger partial charge < -0.3 is 11.1 Å². The van der Waals surface area contributed by atoms with Gasteiger partial charge in [0.05, 0.1) is 0 Å². The highest BCUT2D eigenvalue weighted by Gasteiger charge is 2.14. The fraction of sp³-hybridized carbons (Fsp3) is 1.00. The standard InChI is InChI=1S/C9H22N4/c10-4-3-6-11-5-1-2-7-12-13-8-9-13/h11-12H,1-10H2. The van der Waals surface area contributed by atoms with Crippen molar-refractivity contribution in [1.29, 1.82) is 0 Å². The van der Waals surface area contributed by atoms with Crippen molar-refractivity contribution in [2.45, 2.75) is 19.3 Å². The van der Waals surface area contributed by atoms with Gasteiger partial charge in [0.1, 0.15) is 0 Å². The molecule has 0 unspecified atom stereocenters. The Balaban J connectivity index is 1.63. The average molecular weight is 186 g/mol. The third-order valence-corrected chi connectivity index (χ3v) is 2.12. The maximum atomic E-state index is 5.38. The number of nitrogens with one attached hydrogen (secondary N) is 2. The maximum Gasteiger partial charge on any atom is 0.0273 e. The van der Waals surface area contributed by atoms with E-state index in [1.807, 2.05) is 0 Å². The number of rotatable bonds is 9. The highest BCUT2D eigenvalue weighted by molar-refractivity contribution is 4.66. The summed E-state index contributed by atoms with van der Waals surface area (Å²) in [6.07, 6.45) is 3.60. The molecular weight excluding hydrogens is 164 g/mol. The number of nitrogens with zero attached hydrogens (tertiary/aromatic N) is 1. The van der Waals surface area contributed by atoms with Gasteiger partial charge >= 0.3 is 0 Å². The van der Waals surface area contributed by atoms with Crippen LogP contribution in [0, 0.1) is 0 Å². The third-order valence-electron chi connectivity index (χ3n) is 2.12. The molecule has 1 fully saturated rings. The number of hydrogen-bond donors (Lipinski definition) is 3. The Morgan fingerprint density at radius 1 is 1.00 bits per heavy atom. The Morgan fingerprint density at radius 3 is 2.38 bits per heavy atom. The highest BCUT2D eigenvalue weighted by atomic mass is 15.6. The molecule has 0 saturated carbocycles. The van der Waals surface area contributed by atoms with Crippen molar-refractivity contribution in [3.05, 3.63) is 0 Å². The summed E-state index contributed by atoms with van der Waals surface area (Å²) in [6.45, 7) is 6.57. The highest BCUT2D eigenvalue weighted by Crippen LogP contribution is 1.96.